The number of carbonyl (C=O) groups is 2. The van der Waals surface area contributed by atoms with Crippen molar-refractivity contribution in [2.75, 3.05) is 12.0 Å². The van der Waals surface area contributed by atoms with Crippen LogP contribution in [-0.4, -0.2) is 18.9 Å². The lowest BCUT2D eigenvalue weighted by Crippen LogP contribution is -2.39. The molecule has 2 aromatic rings. The van der Waals surface area contributed by atoms with Gasteiger partial charge in [-0.1, -0.05) is 0 Å². The van der Waals surface area contributed by atoms with Crippen molar-refractivity contribution in [2.45, 2.75) is 50.9 Å². The molecule has 3 heterocycles. The molecule has 3 aliphatic rings. The number of aryl methyl sites for hydroxylation is 1. The minimum atomic E-state index is -0.457. The zero-order chi connectivity index (χ0) is 22.4. The van der Waals surface area contributed by atoms with E-state index in [0.29, 0.717) is 40.4 Å². The third-order valence-electron chi connectivity index (χ3n) is 6.54. The van der Waals surface area contributed by atoms with Crippen molar-refractivity contribution >= 4 is 39.4 Å². The number of carbonyl (C=O) groups excluding carboxylic acids is 2. The first-order valence-corrected chi connectivity index (χ1v) is 12.5. The minimum Gasteiger partial charge on any atom is -0.465 e. The second kappa shape index (κ2) is 8.23. The number of ether oxygens (including phenoxy) is 1. The van der Waals surface area contributed by atoms with Crippen LogP contribution in [0.5, 0.6) is 0 Å². The van der Waals surface area contributed by atoms with Crippen LogP contribution in [0.4, 0.5) is 5.00 Å². The van der Waals surface area contributed by atoms with Gasteiger partial charge in [0.25, 0.3) is 0 Å². The number of thiophene rings is 2. The SMILES string of the molecule is COC(=O)c1c(N2C(N)=C(C#N)C(c3ccsc3)C3=C2CCCC3=O)sc2c1CCCC2. The van der Waals surface area contributed by atoms with Gasteiger partial charge >= 0.3 is 5.97 Å². The van der Waals surface area contributed by atoms with Crippen LogP contribution in [0.15, 0.2) is 39.5 Å². The van der Waals surface area contributed by atoms with Gasteiger partial charge in [-0.15, -0.1) is 11.3 Å². The summed E-state index contributed by atoms with van der Waals surface area (Å²) < 4.78 is 5.16. The number of esters is 1. The molecule has 32 heavy (non-hydrogen) atoms. The number of methoxy groups -OCH3 is 1. The molecule has 8 heteroatoms. The van der Waals surface area contributed by atoms with Gasteiger partial charge < -0.3 is 10.5 Å². The Hall–Kier alpha value is -2.89. The number of nitriles is 1. The molecule has 0 fully saturated rings. The molecular weight excluding hydrogens is 442 g/mol. The summed E-state index contributed by atoms with van der Waals surface area (Å²) in [4.78, 5) is 29.1. The minimum absolute atomic E-state index is 0.0497. The summed E-state index contributed by atoms with van der Waals surface area (Å²) in [5.41, 5.74) is 11.0. The molecule has 0 amide bonds. The van der Waals surface area contributed by atoms with Gasteiger partial charge in [-0.2, -0.15) is 16.6 Å². The second-order valence-corrected chi connectivity index (χ2v) is 10.1. The molecule has 0 aromatic carbocycles. The number of hydrogen-bond donors (Lipinski definition) is 1. The number of ketones is 1. The van der Waals surface area contributed by atoms with E-state index in [2.05, 4.69) is 6.07 Å². The summed E-state index contributed by atoms with van der Waals surface area (Å²) in [5.74, 6) is -0.494. The summed E-state index contributed by atoms with van der Waals surface area (Å²) in [6.07, 6.45) is 5.68. The number of nitrogens with two attached hydrogens (primary N) is 1. The van der Waals surface area contributed by atoms with Crippen molar-refractivity contribution in [3.63, 3.8) is 0 Å². The first-order valence-electron chi connectivity index (χ1n) is 10.8. The number of fused-ring (bicyclic) bond motifs is 1. The highest BCUT2D eigenvalue weighted by Crippen LogP contribution is 2.50. The Morgan fingerprint density at radius 2 is 2.06 bits per heavy atom. The molecule has 0 spiro atoms. The number of Topliss-reactive ketones (excluding diaryl/α,β-unsaturated/α-hetero) is 1. The molecule has 0 bridgehead atoms. The van der Waals surface area contributed by atoms with Crippen molar-refractivity contribution < 1.29 is 14.3 Å². The van der Waals surface area contributed by atoms with Gasteiger partial charge in [0.15, 0.2) is 5.78 Å². The van der Waals surface area contributed by atoms with E-state index in [1.807, 2.05) is 21.7 Å². The van der Waals surface area contributed by atoms with E-state index in [1.54, 1.807) is 11.3 Å². The third-order valence-corrected chi connectivity index (χ3v) is 8.51. The molecule has 0 saturated carbocycles. The Labute approximate surface area is 194 Å². The average Bonchev–Trinajstić information content (AvgIpc) is 3.46. The molecular formula is C24H23N3O3S2. The number of nitrogens with zero attached hydrogens (tertiary/aromatic N) is 2. The molecule has 0 saturated heterocycles. The quantitative estimate of drug-likeness (QED) is 0.656. The number of rotatable bonds is 3. The molecule has 164 valence electrons. The van der Waals surface area contributed by atoms with E-state index in [9.17, 15) is 14.9 Å². The fourth-order valence-corrected chi connectivity index (χ4v) is 7.21. The van der Waals surface area contributed by atoms with Gasteiger partial charge in [0.2, 0.25) is 0 Å². The molecule has 2 aromatic heterocycles. The molecule has 5 rings (SSSR count). The van der Waals surface area contributed by atoms with Gasteiger partial charge in [-0.05, 0) is 66.5 Å². The van der Waals surface area contributed by atoms with E-state index >= 15 is 0 Å². The Kier molecular flexibility index (Phi) is 5.39. The van der Waals surface area contributed by atoms with Gasteiger partial charge in [-0.3, -0.25) is 9.69 Å². The summed E-state index contributed by atoms with van der Waals surface area (Å²) in [6.45, 7) is 0. The average molecular weight is 466 g/mol. The van der Waals surface area contributed by atoms with E-state index in [1.165, 1.54) is 23.3 Å². The van der Waals surface area contributed by atoms with Crippen molar-refractivity contribution in [1.29, 1.82) is 5.26 Å². The van der Waals surface area contributed by atoms with Crippen molar-refractivity contribution in [2.24, 2.45) is 5.73 Å². The fraction of sp³-hybridized carbons (Fsp3) is 0.375. The first-order chi connectivity index (χ1) is 15.6. The molecule has 1 atom stereocenters. The lowest BCUT2D eigenvalue weighted by atomic mass is 9.76. The summed E-state index contributed by atoms with van der Waals surface area (Å²) in [7, 11) is 1.39. The Morgan fingerprint density at radius 1 is 1.25 bits per heavy atom. The van der Waals surface area contributed by atoms with E-state index in [4.69, 9.17) is 10.5 Å². The zero-order valence-electron chi connectivity index (χ0n) is 17.8. The highest BCUT2D eigenvalue weighted by Gasteiger charge is 2.42. The Bertz CT molecular complexity index is 1210. The molecule has 1 unspecified atom stereocenters. The Balaban J connectivity index is 1.78. The highest BCUT2D eigenvalue weighted by atomic mass is 32.1. The third kappa shape index (κ3) is 3.11. The molecule has 0 radical (unpaired) electrons. The predicted molar refractivity (Wildman–Crippen MR) is 125 cm³/mol. The van der Waals surface area contributed by atoms with Crippen LogP contribution in [-0.2, 0) is 22.4 Å². The molecule has 2 aliphatic carbocycles. The van der Waals surface area contributed by atoms with Crippen LogP contribution in [0.2, 0.25) is 0 Å². The smallest absolute Gasteiger partial charge is 0.341 e. The monoisotopic (exact) mass is 465 g/mol. The normalized spacial score (nSPS) is 20.7. The fourth-order valence-electron chi connectivity index (χ4n) is 5.11. The number of anilines is 1. The topological polar surface area (TPSA) is 96.4 Å². The first kappa shape index (κ1) is 21.0. The lowest BCUT2D eigenvalue weighted by molar-refractivity contribution is -0.116. The standard InChI is InChI=1S/C24H23N3O3S2/c1-30-24(29)20-14-5-2-3-8-18(14)32-23(20)27-16-6-4-7-17(28)21(16)19(13-9-10-31-12-13)15(11-25)22(27)26/h9-10,12,19H,2-8,26H2,1H3. The molecule has 6 nitrogen and oxygen atoms in total. The van der Waals surface area contributed by atoms with Gasteiger partial charge in [-0.25, -0.2) is 4.79 Å². The van der Waals surface area contributed by atoms with Crippen LogP contribution in [0.3, 0.4) is 0 Å². The van der Waals surface area contributed by atoms with Gasteiger partial charge in [0, 0.05) is 22.6 Å². The van der Waals surface area contributed by atoms with Crippen LogP contribution in [0.25, 0.3) is 0 Å². The van der Waals surface area contributed by atoms with Crippen molar-refractivity contribution in [1.82, 2.24) is 0 Å². The van der Waals surface area contributed by atoms with Crippen LogP contribution in [0, 0.1) is 11.3 Å². The van der Waals surface area contributed by atoms with Crippen LogP contribution < -0.4 is 10.6 Å². The maximum atomic E-state index is 13.2. The van der Waals surface area contributed by atoms with Crippen LogP contribution in [0.1, 0.15) is 64.4 Å². The summed E-state index contributed by atoms with van der Waals surface area (Å²) in [5, 5.41) is 14.7. The van der Waals surface area contributed by atoms with E-state index < -0.39 is 11.9 Å². The highest BCUT2D eigenvalue weighted by molar-refractivity contribution is 7.16. The molecule has 1 aliphatic heterocycles. The van der Waals surface area contributed by atoms with Crippen molar-refractivity contribution in [3.8, 4) is 6.07 Å². The maximum Gasteiger partial charge on any atom is 0.341 e. The van der Waals surface area contributed by atoms with Gasteiger partial charge in [0.05, 0.1) is 30.2 Å². The Morgan fingerprint density at radius 3 is 2.78 bits per heavy atom. The van der Waals surface area contributed by atoms with Crippen LogP contribution >= 0.6 is 22.7 Å². The predicted octanol–water partition coefficient (Wildman–Crippen LogP) is 4.78. The van der Waals surface area contributed by atoms with E-state index in [-0.39, 0.29) is 5.78 Å². The summed E-state index contributed by atoms with van der Waals surface area (Å²) >= 11 is 3.08. The largest absolute Gasteiger partial charge is 0.465 e. The molecule has 2 N–H and O–H groups in total. The second-order valence-electron chi connectivity index (χ2n) is 8.26. The van der Waals surface area contributed by atoms with E-state index in [0.717, 1.165) is 48.9 Å². The van der Waals surface area contributed by atoms with Crippen molar-refractivity contribution in [3.05, 3.63) is 61.1 Å². The summed E-state index contributed by atoms with van der Waals surface area (Å²) in [6, 6.07) is 4.24. The lowest BCUT2D eigenvalue weighted by Gasteiger charge is -2.39. The maximum absolute atomic E-state index is 13.2. The van der Waals surface area contributed by atoms with Gasteiger partial charge in [0.1, 0.15) is 10.8 Å². The number of hydrogen-bond acceptors (Lipinski definition) is 8. The number of allylic oxidation sites excluding steroid dienone is 3. The zero-order valence-corrected chi connectivity index (χ0v) is 19.4.